The van der Waals surface area contributed by atoms with Crippen LogP contribution in [-0.4, -0.2) is 32.1 Å². The minimum atomic E-state index is 0.414. The second-order valence-corrected chi connectivity index (χ2v) is 3.88. The lowest BCUT2D eigenvalue weighted by Crippen LogP contribution is -2.27. The second-order valence-electron chi connectivity index (χ2n) is 3.88. The number of nitrogens with one attached hydrogen (secondary N) is 1. The van der Waals surface area contributed by atoms with Crippen LogP contribution < -0.4 is 5.32 Å². The molecule has 15 heavy (non-hydrogen) atoms. The molecule has 1 aromatic heterocycles. The number of hydrogen-bond acceptors (Lipinski definition) is 3. The summed E-state index contributed by atoms with van der Waals surface area (Å²) in [6, 6.07) is 4.43. The Balaban J connectivity index is 2.44. The molecule has 0 spiro atoms. The van der Waals surface area contributed by atoms with Crippen molar-refractivity contribution in [1.29, 1.82) is 0 Å². The van der Waals surface area contributed by atoms with Crippen molar-refractivity contribution in [3.8, 4) is 0 Å². The van der Waals surface area contributed by atoms with Crippen molar-refractivity contribution in [3.63, 3.8) is 0 Å². The highest BCUT2D eigenvalue weighted by atomic mass is 16.3. The third-order valence-corrected chi connectivity index (χ3v) is 2.73. The molecular formula is C12H22N2O. The van der Waals surface area contributed by atoms with Crippen LogP contribution in [-0.2, 0) is 0 Å². The quantitative estimate of drug-likeness (QED) is 0.700. The van der Waals surface area contributed by atoms with E-state index in [1.807, 2.05) is 13.1 Å². The Labute approximate surface area is 92.5 Å². The Kier molecular flexibility index (Phi) is 5.43. The summed E-state index contributed by atoms with van der Waals surface area (Å²) in [4.78, 5) is 2.36. The minimum Gasteiger partial charge on any atom is -0.468 e. The Hall–Kier alpha value is -0.800. The molecule has 0 radical (unpaired) electrons. The molecule has 0 aliphatic carbocycles. The molecular weight excluding hydrogens is 188 g/mol. The van der Waals surface area contributed by atoms with E-state index in [0.29, 0.717) is 6.04 Å². The van der Waals surface area contributed by atoms with Gasteiger partial charge in [0, 0.05) is 0 Å². The van der Waals surface area contributed by atoms with Crippen LogP contribution in [0.4, 0.5) is 0 Å². The number of hydrogen-bond donors (Lipinski definition) is 1. The number of furan rings is 1. The minimum absolute atomic E-state index is 0.414. The van der Waals surface area contributed by atoms with Crippen LogP contribution in [0.25, 0.3) is 0 Å². The predicted octanol–water partition coefficient (Wildman–Crippen LogP) is 2.27. The van der Waals surface area contributed by atoms with Gasteiger partial charge in [0.05, 0.1) is 12.3 Å². The highest BCUT2D eigenvalue weighted by molar-refractivity contribution is 5.04. The summed E-state index contributed by atoms with van der Waals surface area (Å²) in [6.07, 6.45) is 4.01. The fourth-order valence-electron chi connectivity index (χ4n) is 1.87. The van der Waals surface area contributed by atoms with Gasteiger partial charge in [0.15, 0.2) is 0 Å². The van der Waals surface area contributed by atoms with Gasteiger partial charge in [0.25, 0.3) is 0 Å². The largest absolute Gasteiger partial charge is 0.468 e. The van der Waals surface area contributed by atoms with Gasteiger partial charge >= 0.3 is 0 Å². The molecule has 0 bridgehead atoms. The third kappa shape index (κ3) is 3.68. The predicted molar refractivity (Wildman–Crippen MR) is 62.9 cm³/mol. The van der Waals surface area contributed by atoms with Crippen molar-refractivity contribution in [2.75, 3.05) is 27.2 Å². The molecule has 1 heterocycles. The Bertz CT molecular complexity index is 246. The van der Waals surface area contributed by atoms with E-state index in [-0.39, 0.29) is 0 Å². The maximum absolute atomic E-state index is 5.46. The normalized spacial score (nSPS) is 13.3. The maximum atomic E-state index is 5.46. The first-order valence-electron chi connectivity index (χ1n) is 5.67. The van der Waals surface area contributed by atoms with E-state index in [0.717, 1.165) is 25.3 Å². The van der Waals surface area contributed by atoms with Crippen LogP contribution in [0.5, 0.6) is 0 Å². The van der Waals surface area contributed by atoms with Crippen LogP contribution in [0.15, 0.2) is 22.8 Å². The molecule has 1 atom stereocenters. The van der Waals surface area contributed by atoms with Crippen LogP contribution in [0.3, 0.4) is 0 Å². The maximum Gasteiger partial charge on any atom is 0.120 e. The van der Waals surface area contributed by atoms with Crippen molar-refractivity contribution < 1.29 is 4.42 Å². The monoisotopic (exact) mass is 210 g/mol. The summed E-state index contributed by atoms with van der Waals surface area (Å²) in [7, 11) is 4.15. The zero-order valence-corrected chi connectivity index (χ0v) is 9.99. The highest BCUT2D eigenvalue weighted by Gasteiger charge is 2.16. The molecule has 3 nitrogen and oxygen atoms in total. The third-order valence-electron chi connectivity index (χ3n) is 2.73. The zero-order valence-electron chi connectivity index (χ0n) is 9.99. The lowest BCUT2D eigenvalue weighted by Gasteiger charge is -2.25. The fraction of sp³-hybridized carbons (Fsp3) is 0.667. The lowest BCUT2D eigenvalue weighted by atomic mass is 10.1. The Morgan fingerprint density at radius 2 is 2.33 bits per heavy atom. The van der Waals surface area contributed by atoms with Crippen LogP contribution in [0.1, 0.15) is 31.6 Å². The number of rotatable bonds is 7. The van der Waals surface area contributed by atoms with E-state index in [4.69, 9.17) is 4.42 Å². The Morgan fingerprint density at radius 1 is 1.53 bits per heavy atom. The summed E-state index contributed by atoms with van der Waals surface area (Å²) in [5.74, 6) is 1.07. The second kappa shape index (κ2) is 6.64. The molecule has 3 heteroatoms. The zero-order chi connectivity index (χ0) is 11.1. The summed E-state index contributed by atoms with van der Waals surface area (Å²) < 4.78 is 5.46. The molecule has 1 unspecified atom stereocenters. The molecule has 0 saturated heterocycles. The SMILES string of the molecule is CCC(c1ccco1)N(C)CCCNC. The van der Waals surface area contributed by atoms with Gasteiger partial charge in [-0.25, -0.2) is 0 Å². The van der Waals surface area contributed by atoms with E-state index in [1.54, 1.807) is 6.26 Å². The highest BCUT2D eigenvalue weighted by Crippen LogP contribution is 2.22. The first-order chi connectivity index (χ1) is 7.29. The van der Waals surface area contributed by atoms with Crippen molar-refractivity contribution in [2.45, 2.75) is 25.8 Å². The fourth-order valence-corrected chi connectivity index (χ4v) is 1.87. The molecule has 0 aliphatic heterocycles. The van der Waals surface area contributed by atoms with Gasteiger partial charge in [-0.15, -0.1) is 0 Å². The molecule has 1 aromatic rings. The van der Waals surface area contributed by atoms with Gasteiger partial charge in [-0.05, 0) is 52.2 Å². The van der Waals surface area contributed by atoms with Crippen molar-refractivity contribution in [3.05, 3.63) is 24.2 Å². The van der Waals surface area contributed by atoms with Crippen LogP contribution in [0, 0.1) is 0 Å². The van der Waals surface area contributed by atoms with Gasteiger partial charge in [-0.3, -0.25) is 4.90 Å². The Morgan fingerprint density at radius 3 is 2.87 bits per heavy atom. The van der Waals surface area contributed by atoms with Crippen molar-refractivity contribution >= 4 is 0 Å². The lowest BCUT2D eigenvalue weighted by molar-refractivity contribution is 0.207. The molecule has 0 aliphatic rings. The summed E-state index contributed by atoms with van der Waals surface area (Å²) in [5, 5.41) is 3.16. The van der Waals surface area contributed by atoms with Crippen LogP contribution in [0.2, 0.25) is 0 Å². The van der Waals surface area contributed by atoms with Crippen molar-refractivity contribution in [1.82, 2.24) is 10.2 Å². The van der Waals surface area contributed by atoms with E-state index in [1.165, 1.54) is 6.42 Å². The van der Waals surface area contributed by atoms with E-state index < -0.39 is 0 Å². The smallest absolute Gasteiger partial charge is 0.120 e. The molecule has 86 valence electrons. The van der Waals surface area contributed by atoms with Crippen molar-refractivity contribution in [2.24, 2.45) is 0 Å². The van der Waals surface area contributed by atoms with Crippen LogP contribution >= 0.6 is 0 Å². The van der Waals surface area contributed by atoms with Gasteiger partial charge in [-0.2, -0.15) is 0 Å². The van der Waals surface area contributed by atoms with E-state index in [2.05, 4.69) is 30.3 Å². The molecule has 0 amide bonds. The van der Waals surface area contributed by atoms with Gasteiger partial charge < -0.3 is 9.73 Å². The topological polar surface area (TPSA) is 28.4 Å². The first-order valence-corrected chi connectivity index (χ1v) is 5.67. The summed E-state index contributed by atoms with van der Waals surface area (Å²) in [5.41, 5.74) is 0. The van der Waals surface area contributed by atoms with E-state index in [9.17, 15) is 0 Å². The van der Waals surface area contributed by atoms with Gasteiger partial charge in [-0.1, -0.05) is 6.92 Å². The van der Waals surface area contributed by atoms with Gasteiger partial charge in [0.2, 0.25) is 0 Å². The van der Waals surface area contributed by atoms with E-state index >= 15 is 0 Å². The molecule has 1 rings (SSSR count). The van der Waals surface area contributed by atoms with Gasteiger partial charge in [0.1, 0.15) is 5.76 Å². The standard InChI is InChI=1S/C12H22N2O/c1-4-11(12-7-5-10-15-12)14(3)9-6-8-13-2/h5,7,10-11,13H,4,6,8-9H2,1-3H3. The molecule has 1 N–H and O–H groups in total. The average Bonchev–Trinajstić information content (AvgIpc) is 2.73. The summed E-state index contributed by atoms with van der Waals surface area (Å²) in [6.45, 7) is 4.36. The first kappa shape index (κ1) is 12.3. The summed E-state index contributed by atoms with van der Waals surface area (Å²) >= 11 is 0. The number of nitrogens with zero attached hydrogens (tertiary/aromatic N) is 1. The molecule has 0 fully saturated rings. The average molecular weight is 210 g/mol. The molecule has 0 saturated carbocycles. The molecule has 0 aromatic carbocycles.